The highest BCUT2D eigenvalue weighted by Gasteiger charge is 2.27. The lowest BCUT2D eigenvalue weighted by atomic mass is 9.94. The number of urea groups is 1. The lowest BCUT2D eigenvalue weighted by Crippen LogP contribution is -2.52. The first-order valence-electron chi connectivity index (χ1n) is 6.11. The Morgan fingerprint density at radius 1 is 1.32 bits per heavy atom. The van der Waals surface area contributed by atoms with Gasteiger partial charge >= 0.3 is 6.03 Å². The molecule has 6 heteroatoms. The maximum atomic E-state index is 13.4. The van der Waals surface area contributed by atoms with Gasteiger partial charge in [0.2, 0.25) is 0 Å². The molecule has 1 aromatic carbocycles. The van der Waals surface area contributed by atoms with Crippen LogP contribution in [0, 0.1) is 11.6 Å². The Hall–Kier alpha value is -1.69. The molecule has 0 atom stereocenters. The Morgan fingerprint density at radius 3 is 2.42 bits per heavy atom. The van der Waals surface area contributed by atoms with Crippen molar-refractivity contribution < 1.29 is 18.7 Å². The molecule has 19 heavy (non-hydrogen) atoms. The van der Waals surface area contributed by atoms with Crippen LogP contribution in [0.1, 0.15) is 26.7 Å². The van der Waals surface area contributed by atoms with E-state index in [-0.39, 0.29) is 12.3 Å². The van der Waals surface area contributed by atoms with Gasteiger partial charge in [-0.05, 0) is 25.0 Å². The van der Waals surface area contributed by atoms with Gasteiger partial charge in [0.05, 0.1) is 17.8 Å². The minimum Gasteiger partial charge on any atom is -0.394 e. The summed E-state index contributed by atoms with van der Waals surface area (Å²) in [6.45, 7) is 3.45. The summed E-state index contributed by atoms with van der Waals surface area (Å²) in [7, 11) is 0. The van der Waals surface area contributed by atoms with Crippen molar-refractivity contribution >= 4 is 11.7 Å². The molecule has 0 radical (unpaired) electrons. The van der Waals surface area contributed by atoms with E-state index in [0.717, 1.165) is 12.1 Å². The number of aliphatic hydroxyl groups excluding tert-OH is 1. The van der Waals surface area contributed by atoms with Crippen LogP contribution in [0.3, 0.4) is 0 Å². The largest absolute Gasteiger partial charge is 0.394 e. The van der Waals surface area contributed by atoms with E-state index in [9.17, 15) is 18.7 Å². The minimum atomic E-state index is -0.849. The molecule has 4 nitrogen and oxygen atoms in total. The Morgan fingerprint density at radius 2 is 1.95 bits per heavy atom. The van der Waals surface area contributed by atoms with E-state index in [2.05, 4.69) is 10.6 Å². The highest BCUT2D eigenvalue weighted by atomic mass is 19.1. The summed E-state index contributed by atoms with van der Waals surface area (Å²) < 4.78 is 26.1. The molecule has 0 saturated heterocycles. The van der Waals surface area contributed by atoms with Gasteiger partial charge in [-0.1, -0.05) is 13.8 Å². The van der Waals surface area contributed by atoms with Gasteiger partial charge < -0.3 is 15.7 Å². The van der Waals surface area contributed by atoms with Gasteiger partial charge in [0.15, 0.2) is 0 Å². The van der Waals surface area contributed by atoms with Crippen molar-refractivity contribution in [2.75, 3.05) is 11.9 Å². The van der Waals surface area contributed by atoms with E-state index < -0.39 is 23.2 Å². The number of carbonyl (C=O) groups excluding carboxylic acids is 1. The van der Waals surface area contributed by atoms with Crippen LogP contribution < -0.4 is 10.6 Å². The average Bonchev–Trinajstić information content (AvgIpc) is 2.39. The van der Waals surface area contributed by atoms with Crippen LogP contribution in [-0.4, -0.2) is 23.3 Å². The SMILES string of the molecule is CCC(CC)(CO)NC(=O)Nc1ccc(F)cc1F. The fourth-order valence-corrected chi connectivity index (χ4v) is 1.68. The number of carbonyl (C=O) groups is 1. The third-order valence-electron chi connectivity index (χ3n) is 3.21. The molecule has 0 aliphatic heterocycles. The number of halogens is 2. The molecule has 106 valence electrons. The average molecular weight is 272 g/mol. The van der Waals surface area contributed by atoms with Crippen LogP contribution in [-0.2, 0) is 0 Å². The van der Waals surface area contributed by atoms with E-state index >= 15 is 0 Å². The summed E-state index contributed by atoms with van der Waals surface area (Å²) in [4.78, 5) is 11.7. The van der Waals surface area contributed by atoms with Crippen molar-refractivity contribution in [3.8, 4) is 0 Å². The molecule has 0 aromatic heterocycles. The predicted octanol–water partition coefficient (Wildman–Crippen LogP) is 2.64. The number of anilines is 1. The molecule has 1 rings (SSSR count). The molecular formula is C13H18F2N2O2. The molecule has 0 aliphatic carbocycles. The molecule has 0 saturated carbocycles. The topological polar surface area (TPSA) is 61.4 Å². The number of hydrogen-bond donors (Lipinski definition) is 3. The van der Waals surface area contributed by atoms with E-state index in [1.807, 2.05) is 13.8 Å². The van der Waals surface area contributed by atoms with E-state index in [1.165, 1.54) is 0 Å². The molecule has 0 bridgehead atoms. The zero-order valence-electron chi connectivity index (χ0n) is 11.0. The van der Waals surface area contributed by atoms with Gasteiger partial charge in [0.1, 0.15) is 11.6 Å². The quantitative estimate of drug-likeness (QED) is 0.771. The Kier molecular flexibility index (Phi) is 5.23. The summed E-state index contributed by atoms with van der Waals surface area (Å²) in [5, 5.41) is 14.2. The number of nitrogens with one attached hydrogen (secondary N) is 2. The number of benzene rings is 1. The second kappa shape index (κ2) is 6.47. The van der Waals surface area contributed by atoms with E-state index in [0.29, 0.717) is 18.9 Å². The summed E-state index contributed by atoms with van der Waals surface area (Å²) in [6, 6.07) is 2.25. The van der Waals surface area contributed by atoms with Crippen LogP contribution >= 0.6 is 0 Å². The highest BCUT2D eigenvalue weighted by molar-refractivity contribution is 5.89. The number of rotatable bonds is 5. The van der Waals surface area contributed by atoms with Crippen molar-refractivity contribution in [3.63, 3.8) is 0 Å². The molecule has 0 spiro atoms. The molecular weight excluding hydrogens is 254 g/mol. The second-order valence-electron chi connectivity index (χ2n) is 4.35. The van der Waals surface area contributed by atoms with Crippen LogP contribution in [0.4, 0.5) is 19.3 Å². The number of amides is 2. The van der Waals surface area contributed by atoms with Gasteiger partial charge in [-0.3, -0.25) is 0 Å². The molecule has 0 aliphatic rings. The van der Waals surface area contributed by atoms with Gasteiger partial charge in [0.25, 0.3) is 0 Å². The maximum Gasteiger partial charge on any atom is 0.319 e. The Balaban J connectivity index is 2.74. The fourth-order valence-electron chi connectivity index (χ4n) is 1.68. The normalized spacial score (nSPS) is 11.2. The zero-order valence-corrected chi connectivity index (χ0v) is 11.0. The zero-order chi connectivity index (χ0) is 14.5. The number of aliphatic hydroxyl groups is 1. The van der Waals surface area contributed by atoms with Crippen molar-refractivity contribution in [3.05, 3.63) is 29.8 Å². The summed E-state index contributed by atoms with van der Waals surface area (Å²) >= 11 is 0. The van der Waals surface area contributed by atoms with Gasteiger partial charge in [-0.25, -0.2) is 13.6 Å². The fraction of sp³-hybridized carbons (Fsp3) is 0.462. The molecule has 0 unspecified atom stereocenters. The third-order valence-corrected chi connectivity index (χ3v) is 3.21. The second-order valence-corrected chi connectivity index (χ2v) is 4.35. The first-order chi connectivity index (χ1) is 8.96. The third kappa shape index (κ3) is 3.89. The van der Waals surface area contributed by atoms with Crippen LogP contribution in [0.2, 0.25) is 0 Å². The van der Waals surface area contributed by atoms with E-state index in [4.69, 9.17) is 0 Å². The molecule has 0 fully saturated rings. The summed E-state index contributed by atoms with van der Waals surface area (Å²) in [5.41, 5.74) is -0.849. The molecule has 3 N–H and O–H groups in total. The minimum absolute atomic E-state index is 0.113. The van der Waals surface area contributed by atoms with Crippen molar-refractivity contribution in [2.45, 2.75) is 32.2 Å². The van der Waals surface area contributed by atoms with Gasteiger partial charge in [0, 0.05) is 6.07 Å². The predicted molar refractivity (Wildman–Crippen MR) is 68.9 cm³/mol. The number of hydrogen-bond acceptors (Lipinski definition) is 2. The van der Waals surface area contributed by atoms with E-state index in [1.54, 1.807) is 0 Å². The monoisotopic (exact) mass is 272 g/mol. The van der Waals surface area contributed by atoms with Crippen LogP contribution in [0.25, 0.3) is 0 Å². The standard InChI is InChI=1S/C13H18F2N2O2/c1-3-13(4-2,8-18)17-12(19)16-11-6-5-9(14)7-10(11)15/h5-7,18H,3-4,8H2,1-2H3,(H2,16,17,19). The van der Waals surface area contributed by atoms with Gasteiger partial charge in [-0.2, -0.15) is 0 Å². The first kappa shape index (κ1) is 15.4. The molecule has 1 aromatic rings. The lowest BCUT2D eigenvalue weighted by molar-refractivity contribution is 0.155. The van der Waals surface area contributed by atoms with Crippen molar-refractivity contribution in [2.24, 2.45) is 0 Å². The highest BCUT2D eigenvalue weighted by Crippen LogP contribution is 2.17. The maximum absolute atomic E-state index is 13.4. The Labute approximate surface area is 110 Å². The Bertz CT molecular complexity index is 440. The summed E-state index contributed by atoms with van der Waals surface area (Å²) in [6.07, 6.45) is 1.08. The lowest BCUT2D eigenvalue weighted by Gasteiger charge is -2.30. The summed E-state index contributed by atoms with van der Waals surface area (Å²) in [5.74, 6) is -1.56. The van der Waals surface area contributed by atoms with Crippen LogP contribution in [0.15, 0.2) is 18.2 Å². The molecule has 2 amide bonds. The first-order valence-corrected chi connectivity index (χ1v) is 6.11. The van der Waals surface area contributed by atoms with Crippen molar-refractivity contribution in [1.29, 1.82) is 0 Å². The van der Waals surface area contributed by atoms with Crippen molar-refractivity contribution in [1.82, 2.24) is 5.32 Å². The smallest absolute Gasteiger partial charge is 0.319 e. The molecule has 0 heterocycles. The van der Waals surface area contributed by atoms with Gasteiger partial charge in [-0.15, -0.1) is 0 Å². The van der Waals surface area contributed by atoms with Crippen LogP contribution in [0.5, 0.6) is 0 Å².